The number of hydrogen-bond acceptors (Lipinski definition) is 4. The molecule has 0 radical (unpaired) electrons. The zero-order valence-electron chi connectivity index (χ0n) is 10.6. The fourth-order valence-corrected chi connectivity index (χ4v) is 2.47. The number of piperidine rings is 1. The van der Waals surface area contributed by atoms with Gasteiger partial charge >= 0.3 is 0 Å². The van der Waals surface area contributed by atoms with Crippen molar-refractivity contribution in [3.8, 4) is 0 Å². The molecule has 1 aliphatic heterocycles. The molecule has 2 heterocycles. The Morgan fingerprint density at radius 2 is 2.05 bits per heavy atom. The van der Waals surface area contributed by atoms with E-state index in [0.29, 0.717) is 24.8 Å². The summed E-state index contributed by atoms with van der Waals surface area (Å²) in [5.41, 5.74) is 1.21. The monoisotopic (exact) mass is 268 g/mol. The van der Waals surface area contributed by atoms with Crippen LogP contribution in [0.4, 0.5) is 0 Å². The van der Waals surface area contributed by atoms with Crippen LogP contribution in [0.25, 0.3) is 10.8 Å². The molecule has 1 fully saturated rings. The summed E-state index contributed by atoms with van der Waals surface area (Å²) in [7, 11) is 0. The predicted octanol–water partition coefficient (Wildman–Crippen LogP) is 1.57. The molecule has 5 nitrogen and oxygen atoms in total. The minimum absolute atomic E-state index is 0.223. The van der Waals surface area contributed by atoms with Crippen LogP contribution in [0.15, 0.2) is 30.5 Å². The van der Waals surface area contributed by atoms with Gasteiger partial charge in [0.05, 0.1) is 5.92 Å². The highest BCUT2D eigenvalue weighted by Gasteiger charge is 2.27. The van der Waals surface area contributed by atoms with Crippen molar-refractivity contribution in [2.45, 2.75) is 18.8 Å². The van der Waals surface area contributed by atoms with Crippen LogP contribution in [0.2, 0.25) is 0 Å². The first-order valence-corrected chi connectivity index (χ1v) is 6.36. The van der Waals surface area contributed by atoms with Gasteiger partial charge in [0.1, 0.15) is 5.69 Å². The minimum atomic E-state index is -0.315. The van der Waals surface area contributed by atoms with Gasteiger partial charge in [0.25, 0.3) is 0 Å². The molecule has 0 saturated carbocycles. The average molecular weight is 268 g/mol. The molecule has 2 amide bonds. The number of nitrogens with zero attached hydrogens (tertiary/aromatic N) is 1. The van der Waals surface area contributed by atoms with Gasteiger partial charge in [-0.2, -0.15) is 0 Å². The van der Waals surface area contributed by atoms with E-state index < -0.39 is 0 Å². The second kappa shape index (κ2) is 4.85. The lowest BCUT2D eigenvalue weighted by Crippen LogP contribution is -2.39. The normalized spacial score (nSPS) is 18.9. The van der Waals surface area contributed by atoms with Crippen molar-refractivity contribution >= 4 is 28.9 Å². The van der Waals surface area contributed by atoms with Gasteiger partial charge < -0.3 is 0 Å². The third kappa shape index (κ3) is 2.18. The number of imide groups is 1. The number of rotatable bonds is 2. The largest absolute Gasteiger partial charge is 0.296 e. The summed E-state index contributed by atoms with van der Waals surface area (Å²) in [5.74, 6) is -0.797. The van der Waals surface area contributed by atoms with Crippen LogP contribution in [0.5, 0.6) is 0 Å². The predicted molar refractivity (Wildman–Crippen MR) is 72.3 cm³/mol. The van der Waals surface area contributed by atoms with Crippen LogP contribution in [0.1, 0.15) is 34.8 Å². The van der Waals surface area contributed by atoms with E-state index >= 15 is 0 Å². The lowest BCUT2D eigenvalue weighted by Gasteiger charge is -2.21. The smallest absolute Gasteiger partial charge is 0.234 e. The van der Waals surface area contributed by atoms with Crippen LogP contribution in [0.3, 0.4) is 0 Å². The van der Waals surface area contributed by atoms with Gasteiger partial charge in [-0.25, -0.2) is 0 Å². The van der Waals surface area contributed by atoms with E-state index in [1.54, 1.807) is 12.3 Å². The van der Waals surface area contributed by atoms with E-state index in [2.05, 4.69) is 10.3 Å². The van der Waals surface area contributed by atoms with Crippen LogP contribution >= 0.6 is 0 Å². The molecule has 20 heavy (non-hydrogen) atoms. The number of aldehydes is 1. The molecule has 1 N–H and O–H groups in total. The van der Waals surface area contributed by atoms with Gasteiger partial charge in [-0.05, 0) is 23.4 Å². The van der Waals surface area contributed by atoms with Crippen LogP contribution < -0.4 is 5.32 Å². The second-order valence-electron chi connectivity index (χ2n) is 4.84. The summed E-state index contributed by atoms with van der Waals surface area (Å²) in [6.45, 7) is 0. The number of benzene rings is 1. The molecule has 0 bridgehead atoms. The molecule has 1 atom stereocenters. The van der Waals surface area contributed by atoms with Gasteiger partial charge in [0.2, 0.25) is 11.8 Å². The number of carbonyl (C=O) groups is 3. The van der Waals surface area contributed by atoms with Crippen molar-refractivity contribution < 1.29 is 14.4 Å². The minimum Gasteiger partial charge on any atom is -0.296 e. The highest BCUT2D eigenvalue weighted by molar-refractivity contribution is 6.01. The zero-order chi connectivity index (χ0) is 14.1. The summed E-state index contributed by atoms with van der Waals surface area (Å²) >= 11 is 0. The molecular weight excluding hydrogens is 256 g/mol. The van der Waals surface area contributed by atoms with E-state index in [1.807, 2.05) is 18.2 Å². The van der Waals surface area contributed by atoms with E-state index in [0.717, 1.165) is 16.3 Å². The summed E-state index contributed by atoms with van der Waals surface area (Å²) < 4.78 is 0. The first kappa shape index (κ1) is 12.5. The van der Waals surface area contributed by atoms with Crippen molar-refractivity contribution in [2.24, 2.45) is 0 Å². The molecule has 2 aromatic rings. The molecule has 1 unspecified atom stereocenters. The zero-order valence-corrected chi connectivity index (χ0v) is 10.6. The van der Waals surface area contributed by atoms with Crippen molar-refractivity contribution in [1.29, 1.82) is 0 Å². The lowest BCUT2D eigenvalue weighted by molar-refractivity contribution is -0.134. The van der Waals surface area contributed by atoms with Crippen molar-refractivity contribution in [3.05, 3.63) is 41.7 Å². The fourth-order valence-electron chi connectivity index (χ4n) is 2.47. The Balaban J connectivity index is 2.01. The van der Waals surface area contributed by atoms with E-state index in [9.17, 15) is 14.4 Å². The first-order valence-electron chi connectivity index (χ1n) is 6.36. The number of carbonyl (C=O) groups excluding carboxylic acids is 3. The Kier molecular flexibility index (Phi) is 3.02. The van der Waals surface area contributed by atoms with Crippen molar-refractivity contribution in [2.75, 3.05) is 0 Å². The van der Waals surface area contributed by atoms with Crippen LogP contribution in [0, 0.1) is 0 Å². The summed E-state index contributed by atoms with van der Waals surface area (Å²) in [4.78, 5) is 37.8. The van der Waals surface area contributed by atoms with Crippen LogP contribution in [-0.4, -0.2) is 23.1 Å². The lowest BCUT2D eigenvalue weighted by atomic mass is 9.89. The quantitative estimate of drug-likeness (QED) is 0.662. The Bertz CT molecular complexity index is 724. The number of fused-ring (bicyclic) bond motifs is 1. The molecular formula is C15H12N2O3. The van der Waals surface area contributed by atoms with E-state index in [-0.39, 0.29) is 17.7 Å². The van der Waals surface area contributed by atoms with Crippen LogP contribution in [-0.2, 0) is 9.59 Å². The van der Waals surface area contributed by atoms with Gasteiger partial charge in [-0.15, -0.1) is 0 Å². The highest BCUT2D eigenvalue weighted by atomic mass is 16.2. The Hall–Kier alpha value is -2.56. The number of nitrogens with one attached hydrogen (secondary N) is 1. The maximum atomic E-state index is 11.9. The topological polar surface area (TPSA) is 76.1 Å². The SMILES string of the molecule is O=Cc1cc2cc(C3CCC(=O)NC3=O)ccc2cn1. The van der Waals surface area contributed by atoms with Crippen molar-refractivity contribution in [1.82, 2.24) is 10.3 Å². The third-order valence-corrected chi connectivity index (χ3v) is 3.53. The van der Waals surface area contributed by atoms with E-state index in [1.165, 1.54) is 0 Å². The summed E-state index contributed by atoms with van der Waals surface area (Å²) in [6.07, 6.45) is 3.19. The molecule has 1 aromatic heterocycles. The number of aromatic nitrogens is 1. The number of pyridine rings is 1. The second-order valence-corrected chi connectivity index (χ2v) is 4.84. The molecule has 0 aliphatic carbocycles. The van der Waals surface area contributed by atoms with Gasteiger partial charge in [-0.3, -0.25) is 24.7 Å². The fraction of sp³-hybridized carbons (Fsp3) is 0.200. The molecule has 3 rings (SSSR count). The van der Waals surface area contributed by atoms with Gasteiger partial charge in [-0.1, -0.05) is 18.2 Å². The van der Waals surface area contributed by atoms with Gasteiger partial charge in [0, 0.05) is 18.0 Å². The number of amides is 2. The summed E-state index contributed by atoms with van der Waals surface area (Å²) in [5, 5.41) is 4.13. The summed E-state index contributed by atoms with van der Waals surface area (Å²) in [6, 6.07) is 7.31. The Morgan fingerprint density at radius 3 is 2.80 bits per heavy atom. The number of hydrogen-bond donors (Lipinski definition) is 1. The molecule has 1 saturated heterocycles. The molecule has 1 aliphatic rings. The third-order valence-electron chi connectivity index (χ3n) is 3.53. The van der Waals surface area contributed by atoms with Gasteiger partial charge in [0.15, 0.2) is 6.29 Å². The molecule has 0 spiro atoms. The standard InChI is InChI=1S/C15H12N2O3/c18-8-12-6-11-5-9(1-2-10(11)7-16-12)13-3-4-14(19)17-15(13)20/h1-2,5-8,13H,3-4H2,(H,17,19,20). The Morgan fingerprint density at radius 1 is 1.20 bits per heavy atom. The highest BCUT2D eigenvalue weighted by Crippen LogP contribution is 2.27. The molecule has 100 valence electrons. The molecule has 5 heteroatoms. The van der Waals surface area contributed by atoms with Crippen molar-refractivity contribution in [3.63, 3.8) is 0 Å². The molecule has 1 aromatic carbocycles. The average Bonchev–Trinajstić information content (AvgIpc) is 2.46. The first-order chi connectivity index (χ1) is 9.67. The maximum absolute atomic E-state index is 11.9. The Labute approximate surface area is 115 Å². The van der Waals surface area contributed by atoms with E-state index in [4.69, 9.17) is 0 Å². The maximum Gasteiger partial charge on any atom is 0.234 e.